The van der Waals surface area contributed by atoms with Gasteiger partial charge in [-0.1, -0.05) is 0 Å². The van der Waals surface area contributed by atoms with Crippen LogP contribution < -0.4 is 5.32 Å². The maximum atomic E-state index is 12.7. The quantitative estimate of drug-likeness (QED) is 0.897. The first-order valence-corrected chi connectivity index (χ1v) is 7.51. The van der Waals surface area contributed by atoms with Crippen molar-refractivity contribution >= 4 is 0 Å². The third-order valence-corrected chi connectivity index (χ3v) is 3.83. The van der Waals surface area contributed by atoms with Crippen LogP contribution in [-0.2, 0) is 6.54 Å². The Balaban J connectivity index is 1.67. The minimum Gasteiger partial charge on any atom is -0.314 e. The van der Waals surface area contributed by atoms with E-state index in [1.54, 1.807) is 24.8 Å². The van der Waals surface area contributed by atoms with Gasteiger partial charge in [0.2, 0.25) is 6.43 Å². The highest BCUT2D eigenvalue weighted by molar-refractivity contribution is 5.50. The van der Waals surface area contributed by atoms with E-state index in [2.05, 4.69) is 30.2 Å². The SMILES string of the molecule is FC(F)CC1CNCCN1Cc1cnc(-c2cncnc2)nc1. The number of nitrogens with one attached hydrogen (secondary N) is 1. The molecule has 2 aromatic rings. The molecular weight excluding hydrogens is 302 g/mol. The number of halogens is 2. The molecule has 1 aliphatic rings. The Kier molecular flexibility index (Phi) is 5.14. The molecule has 0 bridgehead atoms. The fraction of sp³-hybridized carbons (Fsp3) is 0.467. The molecule has 1 fully saturated rings. The molecule has 0 aliphatic carbocycles. The van der Waals surface area contributed by atoms with Crippen LogP contribution in [0, 0.1) is 0 Å². The molecule has 122 valence electrons. The van der Waals surface area contributed by atoms with E-state index >= 15 is 0 Å². The van der Waals surface area contributed by atoms with Crippen LogP contribution in [0.3, 0.4) is 0 Å². The zero-order chi connectivity index (χ0) is 16.1. The first-order chi connectivity index (χ1) is 11.2. The van der Waals surface area contributed by atoms with E-state index in [0.717, 1.165) is 24.2 Å². The van der Waals surface area contributed by atoms with Crippen molar-refractivity contribution in [2.75, 3.05) is 19.6 Å². The molecule has 6 nitrogen and oxygen atoms in total. The lowest BCUT2D eigenvalue weighted by Crippen LogP contribution is -2.51. The molecule has 23 heavy (non-hydrogen) atoms. The molecule has 1 aliphatic heterocycles. The summed E-state index contributed by atoms with van der Waals surface area (Å²) in [6.45, 7) is 2.71. The average molecular weight is 320 g/mol. The molecule has 0 saturated carbocycles. The van der Waals surface area contributed by atoms with E-state index in [0.29, 0.717) is 18.9 Å². The first kappa shape index (κ1) is 15.8. The molecule has 3 rings (SSSR count). The molecule has 0 spiro atoms. The fourth-order valence-corrected chi connectivity index (χ4v) is 2.68. The second kappa shape index (κ2) is 7.47. The van der Waals surface area contributed by atoms with Crippen molar-refractivity contribution in [3.8, 4) is 11.4 Å². The van der Waals surface area contributed by atoms with Gasteiger partial charge in [0.15, 0.2) is 5.82 Å². The summed E-state index contributed by atoms with van der Waals surface area (Å²) in [5, 5.41) is 3.17. The molecule has 3 heterocycles. The topological polar surface area (TPSA) is 66.8 Å². The summed E-state index contributed by atoms with van der Waals surface area (Å²) in [5.41, 5.74) is 1.66. The first-order valence-electron chi connectivity index (χ1n) is 7.51. The van der Waals surface area contributed by atoms with E-state index < -0.39 is 6.43 Å². The number of hydrogen-bond acceptors (Lipinski definition) is 6. The molecule has 2 aromatic heterocycles. The van der Waals surface area contributed by atoms with Crippen molar-refractivity contribution in [3.63, 3.8) is 0 Å². The van der Waals surface area contributed by atoms with Crippen molar-refractivity contribution in [3.05, 3.63) is 36.7 Å². The van der Waals surface area contributed by atoms with Gasteiger partial charge in [-0.15, -0.1) is 0 Å². The van der Waals surface area contributed by atoms with Gasteiger partial charge in [0.25, 0.3) is 0 Å². The van der Waals surface area contributed by atoms with Gasteiger partial charge in [0.1, 0.15) is 6.33 Å². The standard InChI is InChI=1S/C15H18F2N6/c16-14(17)3-13-8-18-1-2-23(13)9-11-4-21-15(22-5-11)12-6-19-10-20-7-12/h4-7,10,13-14,18H,1-3,8-9H2. The highest BCUT2D eigenvalue weighted by Gasteiger charge is 2.25. The van der Waals surface area contributed by atoms with Crippen molar-refractivity contribution < 1.29 is 8.78 Å². The van der Waals surface area contributed by atoms with E-state index in [1.807, 2.05) is 0 Å². The zero-order valence-electron chi connectivity index (χ0n) is 12.6. The molecule has 0 aromatic carbocycles. The van der Waals surface area contributed by atoms with Gasteiger partial charge in [-0.3, -0.25) is 4.90 Å². The van der Waals surface area contributed by atoms with Crippen LogP contribution in [0.5, 0.6) is 0 Å². The van der Waals surface area contributed by atoms with Crippen LogP contribution in [0.25, 0.3) is 11.4 Å². The number of alkyl halides is 2. The molecular formula is C15H18F2N6. The fourth-order valence-electron chi connectivity index (χ4n) is 2.68. The lowest BCUT2D eigenvalue weighted by molar-refractivity contribution is 0.0645. The minimum absolute atomic E-state index is 0.118. The predicted molar refractivity (Wildman–Crippen MR) is 80.7 cm³/mol. The highest BCUT2D eigenvalue weighted by Crippen LogP contribution is 2.17. The molecule has 1 atom stereocenters. The van der Waals surface area contributed by atoms with Gasteiger partial charge in [-0.05, 0) is 0 Å². The van der Waals surface area contributed by atoms with Gasteiger partial charge in [0, 0.05) is 69.0 Å². The summed E-state index contributed by atoms with van der Waals surface area (Å²) in [6.07, 6.45) is 5.80. The predicted octanol–water partition coefficient (Wildman–Crippen LogP) is 1.36. The molecule has 1 unspecified atom stereocenters. The number of rotatable bonds is 5. The third kappa shape index (κ3) is 4.23. The van der Waals surface area contributed by atoms with E-state index in [-0.39, 0.29) is 12.5 Å². The van der Waals surface area contributed by atoms with Gasteiger partial charge < -0.3 is 5.32 Å². The molecule has 0 radical (unpaired) electrons. The van der Waals surface area contributed by atoms with E-state index in [1.165, 1.54) is 6.33 Å². The number of hydrogen-bond donors (Lipinski definition) is 1. The molecule has 8 heteroatoms. The largest absolute Gasteiger partial charge is 0.314 e. The zero-order valence-corrected chi connectivity index (χ0v) is 12.6. The monoisotopic (exact) mass is 320 g/mol. The number of nitrogens with zero attached hydrogens (tertiary/aromatic N) is 5. The second-order valence-corrected chi connectivity index (χ2v) is 5.50. The third-order valence-electron chi connectivity index (χ3n) is 3.83. The van der Waals surface area contributed by atoms with E-state index in [9.17, 15) is 8.78 Å². The molecule has 0 amide bonds. The Morgan fingerprint density at radius 1 is 1.17 bits per heavy atom. The Morgan fingerprint density at radius 3 is 2.61 bits per heavy atom. The van der Waals surface area contributed by atoms with Crippen LogP contribution >= 0.6 is 0 Å². The average Bonchev–Trinajstić information content (AvgIpc) is 2.58. The highest BCUT2D eigenvalue weighted by atomic mass is 19.3. The smallest absolute Gasteiger partial charge is 0.240 e. The maximum Gasteiger partial charge on any atom is 0.240 e. The maximum absolute atomic E-state index is 12.7. The lowest BCUT2D eigenvalue weighted by Gasteiger charge is -2.36. The van der Waals surface area contributed by atoms with Gasteiger partial charge in [-0.2, -0.15) is 0 Å². The van der Waals surface area contributed by atoms with E-state index in [4.69, 9.17) is 0 Å². The Labute approximate surface area is 133 Å². The minimum atomic E-state index is -2.29. The van der Waals surface area contributed by atoms with Crippen molar-refractivity contribution in [2.24, 2.45) is 0 Å². The van der Waals surface area contributed by atoms with Crippen LogP contribution in [0.15, 0.2) is 31.1 Å². The Hall–Kier alpha value is -2.06. The Morgan fingerprint density at radius 2 is 1.91 bits per heavy atom. The summed E-state index contributed by atoms with van der Waals surface area (Å²) < 4.78 is 25.4. The molecule has 1 saturated heterocycles. The van der Waals surface area contributed by atoms with Gasteiger partial charge in [-0.25, -0.2) is 28.7 Å². The summed E-state index contributed by atoms with van der Waals surface area (Å²) >= 11 is 0. The summed E-state index contributed by atoms with van der Waals surface area (Å²) in [7, 11) is 0. The van der Waals surface area contributed by atoms with Crippen molar-refractivity contribution in [1.82, 2.24) is 30.2 Å². The van der Waals surface area contributed by atoms with Crippen molar-refractivity contribution in [2.45, 2.75) is 25.4 Å². The van der Waals surface area contributed by atoms with Crippen LogP contribution in [0.1, 0.15) is 12.0 Å². The lowest BCUT2D eigenvalue weighted by atomic mass is 10.1. The van der Waals surface area contributed by atoms with Crippen LogP contribution in [-0.4, -0.2) is 56.9 Å². The van der Waals surface area contributed by atoms with Crippen LogP contribution in [0.4, 0.5) is 8.78 Å². The normalized spacial score (nSPS) is 19.2. The second-order valence-electron chi connectivity index (χ2n) is 5.50. The number of piperazine rings is 1. The summed E-state index contributed by atoms with van der Waals surface area (Å²) in [6, 6.07) is -0.161. The van der Waals surface area contributed by atoms with Crippen molar-refractivity contribution in [1.29, 1.82) is 0 Å². The van der Waals surface area contributed by atoms with Gasteiger partial charge in [0.05, 0.1) is 5.56 Å². The number of aromatic nitrogens is 4. The summed E-state index contributed by atoms with van der Waals surface area (Å²) in [5.74, 6) is 0.554. The van der Waals surface area contributed by atoms with Crippen LogP contribution in [0.2, 0.25) is 0 Å². The molecule has 1 N–H and O–H groups in total. The summed E-state index contributed by atoms with van der Waals surface area (Å²) in [4.78, 5) is 18.6. The Bertz CT molecular complexity index is 607. The van der Waals surface area contributed by atoms with Gasteiger partial charge >= 0.3 is 0 Å².